The van der Waals surface area contributed by atoms with Crippen molar-refractivity contribution in [3.8, 4) is 11.1 Å². The Morgan fingerprint density at radius 2 is 1.68 bits per heavy atom. The molecule has 0 radical (unpaired) electrons. The molecule has 1 amide bonds. The topological polar surface area (TPSA) is 57.6 Å². The highest BCUT2D eigenvalue weighted by Gasteiger charge is 2.18. The number of nitrogens with zero attached hydrogens (tertiary/aromatic N) is 1. The number of carboxylic acids is 1. The Morgan fingerprint density at radius 3 is 2.20 bits per heavy atom. The average molecular weight is 339 g/mol. The van der Waals surface area contributed by atoms with Crippen LogP contribution in [0, 0.1) is 12.8 Å². The number of hydrogen-bond acceptors (Lipinski definition) is 2. The van der Waals surface area contributed by atoms with Crippen molar-refractivity contribution in [1.29, 1.82) is 0 Å². The number of aryl methyl sites for hydroxylation is 1. The van der Waals surface area contributed by atoms with Gasteiger partial charge in [-0.2, -0.15) is 0 Å². The van der Waals surface area contributed by atoms with E-state index in [4.69, 9.17) is 0 Å². The summed E-state index contributed by atoms with van der Waals surface area (Å²) >= 11 is 0. The number of carbonyl (C=O) groups is 2. The SMILES string of the molecule is CCN(C(=O)CC(C)C)c1cc(C(=O)O)cc(-c2ccc(C)cc2)c1. The molecule has 0 heterocycles. The van der Waals surface area contributed by atoms with E-state index in [1.807, 2.05) is 58.0 Å². The molecule has 2 aromatic rings. The predicted octanol–water partition coefficient (Wildman–Crippen LogP) is 4.76. The van der Waals surface area contributed by atoms with Gasteiger partial charge in [-0.25, -0.2) is 4.79 Å². The normalized spacial score (nSPS) is 10.8. The van der Waals surface area contributed by atoms with Gasteiger partial charge in [0.1, 0.15) is 0 Å². The Balaban J connectivity index is 2.51. The Labute approximate surface area is 149 Å². The molecule has 4 heteroatoms. The lowest BCUT2D eigenvalue weighted by Gasteiger charge is -2.23. The second-order valence-corrected chi connectivity index (χ2v) is 6.68. The second kappa shape index (κ2) is 7.97. The van der Waals surface area contributed by atoms with Gasteiger partial charge in [-0.1, -0.05) is 43.7 Å². The van der Waals surface area contributed by atoms with Crippen molar-refractivity contribution in [2.75, 3.05) is 11.4 Å². The molecule has 25 heavy (non-hydrogen) atoms. The minimum absolute atomic E-state index is 0.00916. The first-order valence-electron chi connectivity index (χ1n) is 8.57. The van der Waals surface area contributed by atoms with Gasteiger partial charge in [0.05, 0.1) is 5.56 Å². The maximum atomic E-state index is 12.5. The molecule has 0 fully saturated rings. The second-order valence-electron chi connectivity index (χ2n) is 6.68. The van der Waals surface area contributed by atoms with Crippen LogP contribution in [0.4, 0.5) is 5.69 Å². The monoisotopic (exact) mass is 339 g/mol. The van der Waals surface area contributed by atoms with Crippen molar-refractivity contribution in [2.45, 2.75) is 34.1 Å². The number of anilines is 1. The smallest absolute Gasteiger partial charge is 0.335 e. The van der Waals surface area contributed by atoms with Crippen LogP contribution in [0.25, 0.3) is 11.1 Å². The van der Waals surface area contributed by atoms with Crippen LogP contribution in [0.3, 0.4) is 0 Å². The lowest BCUT2D eigenvalue weighted by Crippen LogP contribution is -2.31. The van der Waals surface area contributed by atoms with E-state index >= 15 is 0 Å². The van der Waals surface area contributed by atoms with Gasteiger partial charge in [-0.05, 0) is 49.1 Å². The molecule has 2 aromatic carbocycles. The molecule has 132 valence electrons. The molecule has 0 bridgehead atoms. The highest BCUT2D eigenvalue weighted by Crippen LogP contribution is 2.28. The number of rotatable bonds is 6. The number of carbonyl (C=O) groups excluding carboxylic acids is 1. The van der Waals surface area contributed by atoms with E-state index in [9.17, 15) is 14.7 Å². The van der Waals surface area contributed by atoms with Crippen molar-refractivity contribution in [3.05, 3.63) is 53.6 Å². The molecule has 0 aliphatic rings. The third kappa shape index (κ3) is 4.69. The van der Waals surface area contributed by atoms with Crippen LogP contribution < -0.4 is 4.90 Å². The number of carboxylic acid groups (broad SMARTS) is 1. The highest BCUT2D eigenvalue weighted by molar-refractivity contribution is 5.97. The number of amides is 1. The van der Waals surface area contributed by atoms with Crippen molar-refractivity contribution < 1.29 is 14.7 Å². The largest absolute Gasteiger partial charge is 0.478 e. The van der Waals surface area contributed by atoms with Crippen molar-refractivity contribution in [2.24, 2.45) is 5.92 Å². The van der Waals surface area contributed by atoms with E-state index in [0.29, 0.717) is 18.7 Å². The fourth-order valence-corrected chi connectivity index (χ4v) is 2.77. The molecule has 0 spiro atoms. The van der Waals surface area contributed by atoms with Gasteiger partial charge in [0.2, 0.25) is 5.91 Å². The molecule has 2 rings (SSSR count). The van der Waals surface area contributed by atoms with Crippen molar-refractivity contribution in [1.82, 2.24) is 0 Å². The highest BCUT2D eigenvalue weighted by atomic mass is 16.4. The van der Waals surface area contributed by atoms with Crippen molar-refractivity contribution >= 4 is 17.6 Å². The lowest BCUT2D eigenvalue weighted by atomic mass is 10.00. The van der Waals surface area contributed by atoms with Gasteiger partial charge >= 0.3 is 5.97 Å². The molecule has 0 aliphatic carbocycles. The quantitative estimate of drug-likeness (QED) is 0.825. The van der Waals surface area contributed by atoms with Crippen LogP contribution in [-0.4, -0.2) is 23.5 Å². The molecule has 0 atom stereocenters. The van der Waals surface area contributed by atoms with Gasteiger partial charge in [-0.3, -0.25) is 4.79 Å². The molecule has 1 N–H and O–H groups in total. The summed E-state index contributed by atoms with van der Waals surface area (Å²) in [6.45, 7) is 8.40. The Hall–Kier alpha value is -2.62. The van der Waals surface area contributed by atoms with E-state index in [1.165, 1.54) is 0 Å². The fraction of sp³-hybridized carbons (Fsp3) is 0.333. The zero-order chi connectivity index (χ0) is 18.6. The molecule has 0 aromatic heterocycles. The average Bonchev–Trinajstić information content (AvgIpc) is 2.55. The molecule has 4 nitrogen and oxygen atoms in total. The zero-order valence-electron chi connectivity index (χ0n) is 15.2. The Morgan fingerprint density at radius 1 is 1.04 bits per heavy atom. The fourth-order valence-electron chi connectivity index (χ4n) is 2.77. The summed E-state index contributed by atoms with van der Waals surface area (Å²) in [6.07, 6.45) is 0.436. The van der Waals surface area contributed by atoms with Crippen LogP contribution in [0.2, 0.25) is 0 Å². The maximum Gasteiger partial charge on any atom is 0.335 e. The minimum atomic E-state index is -0.998. The van der Waals surface area contributed by atoms with E-state index in [0.717, 1.165) is 16.7 Å². The molecule has 0 saturated heterocycles. The van der Waals surface area contributed by atoms with Crippen LogP contribution in [-0.2, 0) is 4.79 Å². The first kappa shape index (κ1) is 18.7. The third-order valence-corrected chi connectivity index (χ3v) is 4.06. The summed E-state index contributed by atoms with van der Waals surface area (Å²) in [5, 5.41) is 9.46. The van der Waals surface area contributed by atoms with Crippen LogP contribution in [0.15, 0.2) is 42.5 Å². The number of hydrogen-bond donors (Lipinski definition) is 1. The first-order chi connectivity index (χ1) is 11.8. The Kier molecular flexibility index (Phi) is 5.97. The third-order valence-electron chi connectivity index (χ3n) is 4.06. The molecule has 0 saturated carbocycles. The first-order valence-corrected chi connectivity index (χ1v) is 8.57. The molecular weight excluding hydrogens is 314 g/mol. The number of aromatic carboxylic acids is 1. The minimum Gasteiger partial charge on any atom is -0.478 e. The van der Waals surface area contributed by atoms with Gasteiger partial charge in [0.25, 0.3) is 0 Å². The van der Waals surface area contributed by atoms with Crippen LogP contribution in [0.1, 0.15) is 43.1 Å². The van der Waals surface area contributed by atoms with Crippen molar-refractivity contribution in [3.63, 3.8) is 0 Å². The van der Waals surface area contributed by atoms with Crippen LogP contribution in [0.5, 0.6) is 0 Å². The summed E-state index contributed by atoms with van der Waals surface area (Å²) in [5.74, 6) is -0.738. The van der Waals surface area contributed by atoms with E-state index in [-0.39, 0.29) is 17.4 Å². The molecule has 0 unspecified atom stereocenters. The lowest BCUT2D eigenvalue weighted by molar-refractivity contribution is -0.119. The van der Waals surface area contributed by atoms with Gasteiger partial charge in [-0.15, -0.1) is 0 Å². The van der Waals surface area contributed by atoms with Gasteiger partial charge < -0.3 is 10.0 Å². The predicted molar refractivity (Wildman–Crippen MR) is 101 cm³/mol. The standard InChI is InChI=1S/C21H25NO3/c1-5-22(20(23)10-14(2)3)19-12-17(11-18(13-19)21(24)25)16-8-6-15(4)7-9-16/h6-9,11-14H,5,10H2,1-4H3,(H,24,25). The van der Waals surface area contributed by atoms with Crippen LogP contribution >= 0.6 is 0 Å². The summed E-state index contributed by atoms with van der Waals surface area (Å²) in [6, 6.07) is 13.0. The van der Waals surface area contributed by atoms with E-state index < -0.39 is 5.97 Å². The summed E-state index contributed by atoms with van der Waals surface area (Å²) in [5.41, 5.74) is 3.68. The Bertz CT molecular complexity index is 763. The van der Waals surface area contributed by atoms with Gasteiger partial charge in [0, 0.05) is 18.7 Å². The van der Waals surface area contributed by atoms with E-state index in [2.05, 4.69) is 0 Å². The van der Waals surface area contributed by atoms with Gasteiger partial charge in [0.15, 0.2) is 0 Å². The number of benzene rings is 2. The van der Waals surface area contributed by atoms with E-state index in [1.54, 1.807) is 17.0 Å². The summed E-state index contributed by atoms with van der Waals surface area (Å²) in [7, 11) is 0. The maximum absolute atomic E-state index is 12.5. The molecule has 0 aliphatic heterocycles. The summed E-state index contributed by atoms with van der Waals surface area (Å²) < 4.78 is 0. The molecular formula is C21H25NO3. The summed E-state index contributed by atoms with van der Waals surface area (Å²) in [4.78, 5) is 25.7. The zero-order valence-corrected chi connectivity index (χ0v) is 15.2.